The molecule has 0 aliphatic carbocycles. The maximum Gasteiger partial charge on any atom is 0.410 e. The summed E-state index contributed by atoms with van der Waals surface area (Å²) in [4.78, 5) is 14.1. The number of fused-ring (bicyclic) bond motifs is 1. The average Bonchev–Trinajstić information content (AvgIpc) is 3.25. The number of likely N-dealkylation sites (tertiary alicyclic amines) is 1. The van der Waals surface area contributed by atoms with Gasteiger partial charge in [0.15, 0.2) is 0 Å². The van der Waals surface area contributed by atoms with Crippen LogP contribution in [0.5, 0.6) is 5.75 Å². The lowest BCUT2D eigenvalue weighted by atomic mass is 10.1. The maximum atomic E-state index is 13.1. The Balaban J connectivity index is 1.51. The average molecular weight is 572 g/mol. The zero-order valence-corrected chi connectivity index (χ0v) is 24.3. The van der Waals surface area contributed by atoms with E-state index in [4.69, 9.17) is 21.1 Å². The smallest absolute Gasteiger partial charge is 0.410 e. The molecule has 4 rings (SSSR count). The number of benzene rings is 2. The van der Waals surface area contributed by atoms with Crippen molar-refractivity contribution in [2.45, 2.75) is 64.7 Å². The van der Waals surface area contributed by atoms with Gasteiger partial charge >= 0.3 is 6.09 Å². The fraction of sp³-hybridized carbons (Fsp3) is 0.448. The number of nitriles is 1. The fourth-order valence-corrected chi connectivity index (χ4v) is 6.28. The highest BCUT2D eigenvalue weighted by molar-refractivity contribution is 7.92. The number of piperidine rings is 1. The van der Waals surface area contributed by atoms with Gasteiger partial charge in [-0.05, 0) is 69.5 Å². The highest BCUT2D eigenvalue weighted by Crippen LogP contribution is 2.42. The van der Waals surface area contributed by atoms with Gasteiger partial charge in [-0.2, -0.15) is 5.26 Å². The van der Waals surface area contributed by atoms with Crippen LogP contribution in [0.2, 0.25) is 5.02 Å². The molecule has 0 bridgehead atoms. The minimum absolute atomic E-state index is 0.0488. The Kier molecular flexibility index (Phi) is 8.48. The van der Waals surface area contributed by atoms with E-state index in [9.17, 15) is 18.5 Å². The Bertz CT molecular complexity index is 1400. The van der Waals surface area contributed by atoms with Gasteiger partial charge in [0.05, 0.1) is 34.1 Å². The molecule has 39 heavy (non-hydrogen) atoms. The highest BCUT2D eigenvalue weighted by Gasteiger charge is 2.37. The van der Waals surface area contributed by atoms with Crippen molar-refractivity contribution in [2.75, 3.05) is 23.1 Å². The second kappa shape index (κ2) is 11.5. The zero-order chi connectivity index (χ0) is 28.4. The van der Waals surface area contributed by atoms with Crippen molar-refractivity contribution in [3.8, 4) is 11.8 Å². The van der Waals surface area contributed by atoms with E-state index in [1.54, 1.807) is 36.1 Å². The first-order valence-electron chi connectivity index (χ1n) is 13.1. The predicted molar refractivity (Wildman–Crippen MR) is 153 cm³/mol. The van der Waals surface area contributed by atoms with Gasteiger partial charge in [-0.15, -0.1) is 0 Å². The molecule has 10 heteroatoms. The molecule has 2 aliphatic heterocycles. The summed E-state index contributed by atoms with van der Waals surface area (Å²) < 4.78 is 39.4. The number of hydrogen-bond donors (Lipinski definition) is 0. The lowest BCUT2D eigenvalue weighted by molar-refractivity contribution is 0.0126. The van der Waals surface area contributed by atoms with E-state index < -0.39 is 21.7 Å². The van der Waals surface area contributed by atoms with Crippen LogP contribution in [0.15, 0.2) is 42.5 Å². The molecule has 1 fully saturated rings. The first-order chi connectivity index (χ1) is 18.4. The van der Waals surface area contributed by atoms with Crippen molar-refractivity contribution in [3.63, 3.8) is 0 Å². The van der Waals surface area contributed by atoms with Gasteiger partial charge in [-0.3, -0.25) is 4.31 Å². The lowest BCUT2D eigenvalue weighted by Gasteiger charge is -2.33. The number of carbonyl (C=O) groups excluding carboxylic acids is 1. The summed E-state index contributed by atoms with van der Waals surface area (Å²) in [5.41, 5.74) is 2.19. The number of ether oxygens (including phenoxy) is 2. The molecule has 2 aromatic rings. The van der Waals surface area contributed by atoms with Gasteiger partial charge in [0, 0.05) is 25.9 Å². The summed E-state index contributed by atoms with van der Waals surface area (Å²) in [6, 6.07) is 12.3. The number of carbonyl (C=O) groups is 1. The molecule has 0 N–H and O–H groups in total. The van der Waals surface area contributed by atoms with Crippen LogP contribution in [0.3, 0.4) is 0 Å². The maximum absolute atomic E-state index is 13.1. The Labute approximate surface area is 235 Å². The molecule has 1 amide bonds. The largest absolute Gasteiger partial charge is 0.489 e. The van der Waals surface area contributed by atoms with Gasteiger partial charge in [0.1, 0.15) is 17.5 Å². The molecule has 2 heterocycles. The third-order valence-corrected chi connectivity index (χ3v) is 8.77. The van der Waals surface area contributed by atoms with E-state index in [0.29, 0.717) is 54.4 Å². The SMILES string of the molecule is CCS(=O)(=O)N1c2cc(Cl)c(OC3CCN(C(=O)OC(C)(C)C)CC3)cc2CC1/C=C/c1cccc(C#N)c1. The summed E-state index contributed by atoms with van der Waals surface area (Å²) in [6.45, 7) is 8.18. The number of rotatable bonds is 6. The summed E-state index contributed by atoms with van der Waals surface area (Å²) in [6.07, 6.45) is 4.98. The number of anilines is 1. The molecule has 0 saturated carbocycles. The van der Waals surface area contributed by atoms with Gasteiger partial charge in [0.25, 0.3) is 0 Å². The molecule has 8 nitrogen and oxygen atoms in total. The second-order valence-corrected chi connectivity index (χ2v) is 13.3. The molecule has 1 atom stereocenters. The molecular weight excluding hydrogens is 538 g/mol. The third kappa shape index (κ3) is 6.87. The highest BCUT2D eigenvalue weighted by atomic mass is 35.5. The molecule has 0 spiro atoms. The molecule has 0 radical (unpaired) electrons. The van der Waals surface area contributed by atoms with E-state index in [1.165, 1.54) is 4.31 Å². The normalized spacial score (nSPS) is 18.2. The fourth-order valence-electron chi connectivity index (χ4n) is 4.77. The number of sulfonamides is 1. The van der Waals surface area contributed by atoms with Crippen molar-refractivity contribution in [2.24, 2.45) is 0 Å². The van der Waals surface area contributed by atoms with Crippen molar-refractivity contribution < 1.29 is 22.7 Å². The van der Waals surface area contributed by atoms with Crippen LogP contribution < -0.4 is 9.04 Å². The van der Waals surface area contributed by atoms with Crippen LogP contribution in [-0.2, 0) is 21.2 Å². The van der Waals surface area contributed by atoms with Crippen LogP contribution in [0.1, 0.15) is 57.2 Å². The molecule has 0 aromatic heterocycles. The van der Waals surface area contributed by atoms with Crippen molar-refractivity contribution in [1.29, 1.82) is 5.26 Å². The Morgan fingerprint density at radius 1 is 1.21 bits per heavy atom. The van der Waals surface area contributed by atoms with Gasteiger partial charge in [-0.25, -0.2) is 13.2 Å². The van der Waals surface area contributed by atoms with Crippen molar-refractivity contribution in [3.05, 3.63) is 64.2 Å². The van der Waals surface area contributed by atoms with E-state index in [1.807, 2.05) is 45.1 Å². The van der Waals surface area contributed by atoms with E-state index in [2.05, 4.69) is 6.07 Å². The van der Waals surface area contributed by atoms with E-state index in [0.717, 1.165) is 11.1 Å². The van der Waals surface area contributed by atoms with Crippen molar-refractivity contribution >= 4 is 39.5 Å². The molecule has 2 aromatic carbocycles. The van der Waals surface area contributed by atoms with Gasteiger partial charge < -0.3 is 14.4 Å². The second-order valence-electron chi connectivity index (χ2n) is 10.8. The molecule has 2 aliphatic rings. The first kappa shape index (κ1) is 28.8. The van der Waals surface area contributed by atoms with E-state index in [-0.39, 0.29) is 18.0 Å². The summed E-state index contributed by atoms with van der Waals surface area (Å²) in [5, 5.41) is 9.52. The summed E-state index contributed by atoms with van der Waals surface area (Å²) in [7, 11) is -3.58. The number of nitrogens with zero attached hydrogens (tertiary/aromatic N) is 3. The van der Waals surface area contributed by atoms with Crippen LogP contribution >= 0.6 is 11.6 Å². The summed E-state index contributed by atoms with van der Waals surface area (Å²) in [5.74, 6) is 0.457. The van der Waals surface area contributed by atoms with Crippen LogP contribution in [0, 0.1) is 11.3 Å². The van der Waals surface area contributed by atoms with Crippen LogP contribution in [-0.4, -0.2) is 56.0 Å². The Morgan fingerprint density at radius 2 is 1.92 bits per heavy atom. The molecule has 1 saturated heterocycles. The zero-order valence-electron chi connectivity index (χ0n) is 22.7. The van der Waals surface area contributed by atoms with Gasteiger partial charge in [-0.1, -0.05) is 35.9 Å². The van der Waals surface area contributed by atoms with E-state index >= 15 is 0 Å². The van der Waals surface area contributed by atoms with Crippen LogP contribution in [0.25, 0.3) is 6.08 Å². The number of hydrogen-bond acceptors (Lipinski definition) is 6. The Morgan fingerprint density at radius 3 is 2.56 bits per heavy atom. The number of amides is 1. The Hall–Kier alpha value is -3.22. The third-order valence-electron chi connectivity index (χ3n) is 6.68. The summed E-state index contributed by atoms with van der Waals surface area (Å²) >= 11 is 6.61. The minimum Gasteiger partial charge on any atom is -0.489 e. The standard InChI is InChI=1S/C29H34ClN3O5S/c1-5-39(35,36)33-23(10-9-20-7-6-8-21(15-20)19-31)16-22-17-27(25(30)18-26(22)33)37-24-11-13-32(14-12-24)28(34)38-29(2,3)4/h6-10,15,17-18,23-24H,5,11-14,16H2,1-4H3/b10-9+. The molecule has 1 unspecified atom stereocenters. The quantitative estimate of drug-likeness (QED) is 0.435. The van der Waals surface area contributed by atoms with Gasteiger partial charge in [0.2, 0.25) is 10.0 Å². The lowest BCUT2D eigenvalue weighted by Crippen LogP contribution is -2.44. The molecule has 208 valence electrons. The van der Waals surface area contributed by atoms with Crippen LogP contribution in [0.4, 0.5) is 10.5 Å². The monoisotopic (exact) mass is 571 g/mol. The predicted octanol–water partition coefficient (Wildman–Crippen LogP) is 5.78. The first-order valence-corrected chi connectivity index (χ1v) is 15.1. The molecular formula is C29H34ClN3O5S. The number of halogens is 1. The topological polar surface area (TPSA) is 99.9 Å². The minimum atomic E-state index is -3.58. The van der Waals surface area contributed by atoms with Crippen molar-refractivity contribution in [1.82, 2.24) is 4.90 Å².